The van der Waals surface area contributed by atoms with E-state index in [0.29, 0.717) is 12.5 Å². The molecule has 0 fully saturated rings. The molecule has 0 atom stereocenters. The van der Waals surface area contributed by atoms with Gasteiger partial charge < -0.3 is 4.74 Å². The molecule has 0 amide bonds. The van der Waals surface area contributed by atoms with Crippen LogP contribution >= 0.6 is 0 Å². The largest absolute Gasteiger partial charge is 0.489 e. The maximum Gasteiger partial charge on any atom is 0.119 e. The van der Waals surface area contributed by atoms with Crippen LogP contribution < -0.4 is 4.74 Å². The van der Waals surface area contributed by atoms with Crippen molar-refractivity contribution in [2.45, 2.75) is 33.6 Å². The molecule has 0 saturated heterocycles. The van der Waals surface area contributed by atoms with Gasteiger partial charge in [-0.15, -0.1) is 0 Å². The Morgan fingerprint density at radius 1 is 1.00 bits per heavy atom. The van der Waals surface area contributed by atoms with Crippen LogP contribution in [-0.4, -0.2) is 6.61 Å². The molecule has 1 heteroatoms. The van der Waals surface area contributed by atoms with E-state index in [1.165, 1.54) is 22.3 Å². The van der Waals surface area contributed by atoms with Gasteiger partial charge in [-0.05, 0) is 48.6 Å². The maximum absolute atomic E-state index is 5.79. The molecule has 0 saturated carbocycles. The van der Waals surface area contributed by atoms with E-state index in [2.05, 4.69) is 70.2 Å². The standard InChI is InChI=1S/C20H24O/c1-15(2)19-9-7-18(8-10-19)13-17(4)14-21-20-11-5-16(3)6-12-20/h5-13,15H,14H2,1-4H3/b17-13+. The topological polar surface area (TPSA) is 9.23 Å². The minimum Gasteiger partial charge on any atom is -0.489 e. The van der Waals surface area contributed by atoms with Crippen LogP contribution in [0.3, 0.4) is 0 Å². The maximum atomic E-state index is 5.79. The van der Waals surface area contributed by atoms with Crippen molar-refractivity contribution in [1.29, 1.82) is 0 Å². The number of aryl methyl sites for hydroxylation is 1. The Hall–Kier alpha value is -2.02. The van der Waals surface area contributed by atoms with Crippen LogP contribution in [0.4, 0.5) is 0 Å². The lowest BCUT2D eigenvalue weighted by molar-refractivity contribution is 0.353. The Bertz CT molecular complexity index is 589. The van der Waals surface area contributed by atoms with Gasteiger partial charge in [0.15, 0.2) is 0 Å². The molecule has 0 aliphatic heterocycles. The molecule has 2 rings (SSSR count). The van der Waals surface area contributed by atoms with Crippen LogP contribution in [0, 0.1) is 6.92 Å². The molecule has 0 radical (unpaired) electrons. The average molecular weight is 280 g/mol. The highest BCUT2D eigenvalue weighted by atomic mass is 16.5. The lowest BCUT2D eigenvalue weighted by Crippen LogP contribution is -1.98. The van der Waals surface area contributed by atoms with E-state index < -0.39 is 0 Å². The highest BCUT2D eigenvalue weighted by Crippen LogP contribution is 2.17. The second-order valence-corrected chi connectivity index (χ2v) is 5.91. The monoisotopic (exact) mass is 280 g/mol. The van der Waals surface area contributed by atoms with Crippen LogP contribution in [0.5, 0.6) is 5.75 Å². The molecule has 0 bridgehead atoms. The van der Waals surface area contributed by atoms with Crippen LogP contribution in [-0.2, 0) is 0 Å². The second kappa shape index (κ2) is 7.12. The summed E-state index contributed by atoms with van der Waals surface area (Å²) in [5.41, 5.74) is 5.07. The van der Waals surface area contributed by atoms with Gasteiger partial charge in [-0.3, -0.25) is 0 Å². The van der Waals surface area contributed by atoms with Crippen LogP contribution in [0.15, 0.2) is 54.1 Å². The lowest BCUT2D eigenvalue weighted by Gasteiger charge is -2.08. The Labute approximate surface area is 128 Å². The van der Waals surface area contributed by atoms with Crippen LogP contribution in [0.2, 0.25) is 0 Å². The Morgan fingerprint density at radius 3 is 2.19 bits per heavy atom. The molecule has 1 nitrogen and oxygen atoms in total. The zero-order valence-corrected chi connectivity index (χ0v) is 13.4. The summed E-state index contributed by atoms with van der Waals surface area (Å²) >= 11 is 0. The van der Waals surface area contributed by atoms with E-state index in [1.807, 2.05) is 12.1 Å². The fourth-order valence-corrected chi connectivity index (χ4v) is 2.13. The van der Waals surface area contributed by atoms with Crippen molar-refractivity contribution in [3.8, 4) is 5.75 Å². The summed E-state index contributed by atoms with van der Waals surface area (Å²) in [7, 11) is 0. The number of hydrogen-bond acceptors (Lipinski definition) is 1. The summed E-state index contributed by atoms with van der Waals surface area (Å²) in [6.07, 6.45) is 2.18. The Kier molecular flexibility index (Phi) is 5.21. The molecule has 0 N–H and O–H groups in total. The summed E-state index contributed by atoms with van der Waals surface area (Å²) in [5.74, 6) is 1.50. The molecule has 0 spiro atoms. The smallest absolute Gasteiger partial charge is 0.119 e. The van der Waals surface area contributed by atoms with E-state index in [-0.39, 0.29) is 0 Å². The first kappa shape index (κ1) is 15.4. The number of rotatable bonds is 5. The van der Waals surface area contributed by atoms with Crippen molar-refractivity contribution < 1.29 is 4.74 Å². The molecule has 0 aliphatic rings. The lowest BCUT2D eigenvalue weighted by atomic mass is 10.0. The third-order valence-corrected chi connectivity index (χ3v) is 3.50. The zero-order valence-electron chi connectivity index (χ0n) is 13.4. The minimum atomic E-state index is 0.578. The molecular weight excluding hydrogens is 256 g/mol. The van der Waals surface area contributed by atoms with Gasteiger partial charge in [0.05, 0.1) is 0 Å². The van der Waals surface area contributed by atoms with Crippen molar-refractivity contribution >= 4 is 6.08 Å². The summed E-state index contributed by atoms with van der Waals surface area (Å²) in [6, 6.07) is 16.9. The average Bonchev–Trinajstić information content (AvgIpc) is 2.47. The van der Waals surface area contributed by atoms with Gasteiger partial charge in [0, 0.05) is 0 Å². The van der Waals surface area contributed by atoms with Gasteiger partial charge in [0.2, 0.25) is 0 Å². The van der Waals surface area contributed by atoms with Gasteiger partial charge in [-0.25, -0.2) is 0 Å². The molecule has 0 aromatic heterocycles. The molecule has 2 aromatic rings. The molecule has 0 heterocycles. The van der Waals surface area contributed by atoms with E-state index in [9.17, 15) is 0 Å². The van der Waals surface area contributed by atoms with Gasteiger partial charge in [-0.1, -0.05) is 61.9 Å². The molecule has 21 heavy (non-hydrogen) atoms. The summed E-state index contributed by atoms with van der Waals surface area (Å²) < 4.78 is 5.79. The van der Waals surface area contributed by atoms with Crippen molar-refractivity contribution in [1.82, 2.24) is 0 Å². The fraction of sp³-hybridized carbons (Fsp3) is 0.300. The SMILES string of the molecule is C/C(=C\c1ccc(C(C)C)cc1)COc1ccc(C)cc1. The van der Waals surface area contributed by atoms with Gasteiger partial charge >= 0.3 is 0 Å². The van der Waals surface area contributed by atoms with E-state index in [0.717, 1.165) is 5.75 Å². The van der Waals surface area contributed by atoms with Gasteiger partial charge in [-0.2, -0.15) is 0 Å². The first-order chi connectivity index (χ1) is 10.0. The predicted molar refractivity (Wildman–Crippen MR) is 90.9 cm³/mol. The van der Waals surface area contributed by atoms with E-state index in [4.69, 9.17) is 4.74 Å². The summed E-state index contributed by atoms with van der Waals surface area (Å²) in [5, 5.41) is 0. The summed E-state index contributed by atoms with van der Waals surface area (Å²) in [4.78, 5) is 0. The van der Waals surface area contributed by atoms with Gasteiger partial charge in [0.25, 0.3) is 0 Å². The van der Waals surface area contributed by atoms with Crippen LogP contribution in [0.1, 0.15) is 43.4 Å². The molecule has 0 aliphatic carbocycles. The Balaban J connectivity index is 1.95. The van der Waals surface area contributed by atoms with E-state index in [1.54, 1.807) is 0 Å². The highest BCUT2D eigenvalue weighted by molar-refractivity contribution is 5.53. The fourth-order valence-electron chi connectivity index (χ4n) is 2.13. The highest BCUT2D eigenvalue weighted by Gasteiger charge is 1.99. The second-order valence-electron chi connectivity index (χ2n) is 5.91. The van der Waals surface area contributed by atoms with Crippen molar-refractivity contribution in [2.75, 3.05) is 6.61 Å². The minimum absolute atomic E-state index is 0.578. The number of hydrogen-bond donors (Lipinski definition) is 0. The van der Waals surface area contributed by atoms with Crippen molar-refractivity contribution in [3.63, 3.8) is 0 Å². The third kappa shape index (κ3) is 4.78. The molecular formula is C20H24O. The normalized spacial score (nSPS) is 11.8. The van der Waals surface area contributed by atoms with Crippen LogP contribution in [0.25, 0.3) is 6.08 Å². The van der Waals surface area contributed by atoms with Crippen molar-refractivity contribution in [3.05, 3.63) is 70.8 Å². The first-order valence-corrected chi connectivity index (χ1v) is 7.51. The van der Waals surface area contributed by atoms with E-state index >= 15 is 0 Å². The first-order valence-electron chi connectivity index (χ1n) is 7.51. The molecule has 110 valence electrons. The molecule has 2 aromatic carbocycles. The molecule has 0 unspecified atom stereocenters. The Morgan fingerprint density at radius 2 is 1.62 bits per heavy atom. The zero-order chi connectivity index (χ0) is 15.2. The summed E-state index contributed by atoms with van der Waals surface area (Å²) in [6.45, 7) is 9.23. The van der Waals surface area contributed by atoms with Crippen molar-refractivity contribution in [2.24, 2.45) is 0 Å². The number of benzene rings is 2. The quantitative estimate of drug-likeness (QED) is 0.692. The predicted octanol–water partition coefficient (Wildman–Crippen LogP) is 5.60. The number of ether oxygens (including phenoxy) is 1. The van der Waals surface area contributed by atoms with Gasteiger partial charge in [0.1, 0.15) is 12.4 Å². The third-order valence-electron chi connectivity index (χ3n) is 3.50.